The Labute approximate surface area is 108 Å². The highest BCUT2D eigenvalue weighted by Crippen LogP contribution is 2.28. The normalized spacial score (nSPS) is 10.3. The van der Waals surface area contributed by atoms with Gasteiger partial charge in [-0.3, -0.25) is 0 Å². The van der Waals surface area contributed by atoms with Crippen molar-refractivity contribution in [2.24, 2.45) is 5.73 Å². The fourth-order valence-electron chi connectivity index (χ4n) is 1.59. The first-order valence-corrected chi connectivity index (χ1v) is 6.00. The minimum absolute atomic E-state index is 0.166. The summed E-state index contributed by atoms with van der Waals surface area (Å²) in [7, 11) is 0. The van der Waals surface area contributed by atoms with Crippen LogP contribution in [-0.4, -0.2) is 0 Å². The van der Waals surface area contributed by atoms with Crippen LogP contribution in [0.1, 0.15) is 5.56 Å². The zero-order valence-corrected chi connectivity index (χ0v) is 10.7. The standard InChI is InChI=1S/C13H12BrFN2/c14-10-4-1-2-6-13(10)17-12-7-3-5-11(15)9(12)8-16/h1-7,17H,8,16H2. The van der Waals surface area contributed by atoms with Crippen molar-refractivity contribution in [1.29, 1.82) is 0 Å². The van der Waals surface area contributed by atoms with E-state index in [0.29, 0.717) is 11.3 Å². The molecule has 0 atom stereocenters. The van der Waals surface area contributed by atoms with Crippen LogP contribution < -0.4 is 11.1 Å². The Bertz CT molecular complexity index is 529. The third kappa shape index (κ3) is 2.65. The lowest BCUT2D eigenvalue weighted by Gasteiger charge is -2.12. The van der Waals surface area contributed by atoms with Gasteiger partial charge in [-0.05, 0) is 40.2 Å². The number of hydrogen-bond acceptors (Lipinski definition) is 2. The molecule has 2 rings (SSSR count). The third-order valence-corrected chi connectivity index (χ3v) is 3.16. The summed E-state index contributed by atoms with van der Waals surface area (Å²) in [5.74, 6) is -0.287. The van der Waals surface area contributed by atoms with Crippen LogP contribution in [0.25, 0.3) is 0 Å². The maximum Gasteiger partial charge on any atom is 0.129 e. The summed E-state index contributed by atoms with van der Waals surface area (Å²) in [6.45, 7) is 0.166. The summed E-state index contributed by atoms with van der Waals surface area (Å²) in [6, 6.07) is 12.5. The molecule has 0 heterocycles. The summed E-state index contributed by atoms with van der Waals surface area (Å²) in [5, 5.41) is 3.17. The molecule has 0 aliphatic heterocycles. The van der Waals surface area contributed by atoms with Crippen LogP contribution in [0.4, 0.5) is 15.8 Å². The van der Waals surface area contributed by atoms with Crippen LogP contribution in [0.15, 0.2) is 46.9 Å². The van der Waals surface area contributed by atoms with Crippen molar-refractivity contribution in [2.75, 3.05) is 5.32 Å². The SMILES string of the molecule is NCc1c(F)cccc1Nc1ccccc1Br. The zero-order valence-electron chi connectivity index (χ0n) is 9.08. The van der Waals surface area contributed by atoms with Crippen molar-refractivity contribution in [3.05, 3.63) is 58.3 Å². The molecular weight excluding hydrogens is 283 g/mol. The molecule has 2 aromatic carbocycles. The van der Waals surface area contributed by atoms with E-state index in [4.69, 9.17) is 5.73 Å². The predicted molar refractivity (Wildman–Crippen MR) is 71.7 cm³/mol. The van der Waals surface area contributed by atoms with Crippen molar-refractivity contribution in [1.82, 2.24) is 0 Å². The highest BCUT2D eigenvalue weighted by molar-refractivity contribution is 9.10. The Kier molecular flexibility index (Phi) is 3.76. The topological polar surface area (TPSA) is 38.0 Å². The van der Waals surface area contributed by atoms with Gasteiger partial charge < -0.3 is 11.1 Å². The number of para-hydroxylation sites is 1. The first-order chi connectivity index (χ1) is 8.22. The molecule has 0 saturated carbocycles. The van der Waals surface area contributed by atoms with Gasteiger partial charge >= 0.3 is 0 Å². The molecule has 88 valence electrons. The number of benzene rings is 2. The maximum absolute atomic E-state index is 13.5. The molecule has 0 aliphatic carbocycles. The maximum atomic E-state index is 13.5. The molecule has 0 aliphatic rings. The summed E-state index contributed by atoms with van der Waals surface area (Å²) in [5.41, 5.74) is 7.62. The van der Waals surface area contributed by atoms with Gasteiger partial charge in [0.05, 0.1) is 5.69 Å². The Balaban J connectivity index is 2.37. The van der Waals surface area contributed by atoms with Gasteiger partial charge in [0.2, 0.25) is 0 Å². The van der Waals surface area contributed by atoms with Crippen molar-refractivity contribution in [3.8, 4) is 0 Å². The number of hydrogen-bond donors (Lipinski definition) is 2. The fourth-order valence-corrected chi connectivity index (χ4v) is 1.97. The molecule has 0 fully saturated rings. The molecule has 0 radical (unpaired) electrons. The van der Waals surface area contributed by atoms with E-state index in [9.17, 15) is 4.39 Å². The van der Waals surface area contributed by atoms with E-state index in [0.717, 1.165) is 10.2 Å². The second-order valence-corrected chi connectivity index (χ2v) is 4.43. The van der Waals surface area contributed by atoms with E-state index in [1.807, 2.05) is 30.3 Å². The number of nitrogens with two attached hydrogens (primary N) is 1. The Morgan fingerprint density at radius 2 is 1.76 bits per heavy atom. The second-order valence-electron chi connectivity index (χ2n) is 3.57. The van der Waals surface area contributed by atoms with Crippen molar-refractivity contribution in [3.63, 3.8) is 0 Å². The van der Waals surface area contributed by atoms with E-state index in [1.165, 1.54) is 6.07 Å². The molecule has 4 heteroatoms. The molecule has 0 amide bonds. The van der Waals surface area contributed by atoms with Gasteiger partial charge in [0.1, 0.15) is 5.82 Å². The average molecular weight is 295 g/mol. The highest BCUT2D eigenvalue weighted by Gasteiger charge is 2.07. The van der Waals surface area contributed by atoms with Crippen LogP contribution in [0.3, 0.4) is 0 Å². The van der Waals surface area contributed by atoms with Gasteiger partial charge in [-0.1, -0.05) is 18.2 Å². The number of halogens is 2. The monoisotopic (exact) mass is 294 g/mol. The lowest BCUT2D eigenvalue weighted by atomic mass is 10.1. The van der Waals surface area contributed by atoms with Crippen LogP contribution >= 0.6 is 15.9 Å². The summed E-state index contributed by atoms with van der Waals surface area (Å²) in [4.78, 5) is 0. The molecule has 0 unspecified atom stereocenters. The smallest absolute Gasteiger partial charge is 0.129 e. The van der Waals surface area contributed by atoms with Crippen molar-refractivity contribution in [2.45, 2.75) is 6.54 Å². The molecule has 0 saturated heterocycles. The van der Waals surface area contributed by atoms with Crippen LogP contribution in [0, 0.1) is 5.82 Å². The van der Waals surface area contributed by atoms with Crippen molar-refractivity contribution >= 4 is 27.3 Å². The number of nitrogens with one attached hydrogen (secondary N) is 1. The molecular formula is C13H12BrFN2. The summed E-state index contributed by atoms with van der Waals surface area (Å²) < 4.78 is 14.4. The Morgan fingerprint density at radius 3 is 2.47 bits per heavy atom. The van der Waals surface area contributed by atoms with Gasteiger partial charge in [-0.25, -0.2) is 4.39 Å². The Morgan fingerprint density at radius 1 is 1.06 bits per heavy atom. The van der Waals surface area contributed by atoms with Gasteiger partial charge in [0.15, 0.2) is 0 Å². The van der Waals surface area contributed by atoms with Gasteiger partial charge in [0, 0.05) is 22.3 Å². The molecule has 2 aromatic rings. The molecule has 0 spiro atoms. The average Bonchev–Trinajstić information content (AvgIpc) is 2.32. The molecule has 2 nitrogen and oxygen atoms in total. The van der Waals surface area contributed by atoms with Crippen LogP contribution in [0.2, 0.25) is 0 Å². The van der Waals surface area contributed by atoms with E-state index in [1.54, 1.807) is 6.07 Å². The molecule has 0 aromatic heterocycles. The molecule has 17 heavy (non-hydrogen) atoms. The number of rotatable bonds is 3. The van der Waals surface area contributed by atoms with E-state index in [-0.39, 0.29) is 12.4 Å². The summed E-state index contributed by atoms with van der Waals surface area (Å²) in [6.07, 6.45) is 0. The largest absolute Gasteiger partial charge is 0.354 e. The van der Waals surface area contributed by atoms with Crippen LogP contribution in [-0.2, 0) is 6.54 Å². The molecule has 0 bridgehead atoms. The van der Waals surface area contributed by atoms with Crippen molar-refractivity contribution < 1.29 is 4.39 Å². The third-order valence-electron chi connectivity index (χ3n) is 2.47. The quantitative estimate of drug-likeness (QED) is 0.904. The number of anilines is 2. The first kappa shape index (κ1) is 12.1. The predicted octanol–water partition coefficient (Wildman–Crippen LogP) is 3.79. The van der Waals surface area contributed by atoms with Gasteiger partial charge in [-0.2, -0.15) is 0 Å². The summed E-state index contributed by atoms with van der Waals surface area (Å²) >= 11 is 3.43. The first-order valence-electron chi connectivity index (χ1n) is 5.21. The van der Waals surface area contributed by atoms with E-state index >= 15 is 0 Å². The van der Waals surface area contributed by atoms with Gasteiger partial charge in [-0.15, -0.1) is 0 Å². The second kappa shape index (κ2) is 5.29. The van der Waals surface area contributed by atoms with E-state index < -0.39 is 0 Å². The van der Waals surface area contributed by atoms with Crippen LogP contribution in [0.5, 0.6) is 0 Å². The Hall–Kier alpha value is -1.39. The molecule has 3 N–H and O–H groups in total. The van der Waals surface area contributed by atoms with E-state index in [2.05, 4.69) is 21.2 Å². The van der Waals surface area contributed by atoms with Gasteiger partial charge in [0.25, 0.3) is 0 Å². The zero-order chi connectivity index (χ0) is 12.3. The lowest BCUT2D eigenvalue weighted by molar-refractivity contribution is 0.611. The minimum Gasteiger partial charge on any atom is -0.354 e. The highest BCUT2D eigenvalue weighted by atomic mass is 79.9. The minimum atomic E-state index is -0.287. The lowest BCUT2D eigenvalue weighted by Crippen LogP contribution is -2.04. The fraction of sp³-hybridized carbons (Fsp3) is 0.0769.